The molecule has 0 aliphatic carbocycles. The molecular weight excluding hydrogens is 237 g/mol. The van der Waals surface area contributed by atoms with Crippen molar-refractivity contribution in [2.24, 2.45) is 0 Å². The van der Waals surface area contributed by atoms with Crippen molar-refractivity contribution in [3.8, 4) is 5.75 Å². The van der Waals surface area contributed by atoms with Crippen LogP contribution in [0.3, 0.4) is 0 Å². The molecule has 1 aromatic carbocycles. The molecule has 1 aromatic rings. The van der Waals surface area contributed by atoms with Crippen LogP contribution in [0.25, 0.3) is 0 Å². The zero-order chi connectivity index (χ0) is 10.1. The van der Waals surface area contributed by atoms with Crippen LogP contribution in [0, 0.1) is 13.8 Å². The van der Waals surface area contributed by atoms with Crippen molar-refractivity contribution in [2.75, 3.05) is 0 Å². The van der Waals surface area contributed by atoms with Crippen molar-refractivity contribution in [3.05, 3.63) is 29.3 Å². The summed E-state index contributed by atoms with van der Waals surface area (Å²) in [6.45, 7) is 3.54. The van der Waals surface area contributed by atoms with Crippen molar-refractivity contribution in [3.63, 3.8) is 0 Å². The normalized spacial score (nSPS) is 9.87. The van der Waals surface area contributed by atoms with Crippen LogP contribution in [0.4, 0.5) is 0 Å². The van der Waals surface area contributed by atoms with Crippen molar-refractivity contribution in [2.45, 2.75) is 13.8 Å². The molecule has 0 radical (unpaired) electrons. The van der Waals surface area contributed by atoms with E-state index in [9.17, 15) is 14.4 Å². The van der Waals surface area contributed by atoms with E-state index >= 15 is 0 Å². The Kier molecular flexibility index (Phi) is 9.25. The van der Waals surface area contributed by atoms with E-state index in [0.29, 0.717) is 5.56 Å². The van der Waals surface area contributed by atoms with Crippen molar-refractivity contribution in [1.82, 2.24) is 0 Å². The Morgan fingerprint density at radius 2 is 1.73 bits per heavy atom. The first-order valence-corrected chi connectivity index (χ1v) is 5.13. The van der Waals surface area contributed by atoms with Gasteiger partial charge in [-0.15, -0.1) is 0 Å². The predicted molar refractivity (Wildman–Crippen MR) is 44.2 cm³/mol. The Hall–Kier alpha value is 1.17. The van der Waals surface area contributed by atoms with Crippen molar-refractivity contribution in [1.29, 1.82) is 0 Å². The third kappa shape index (κ3) is 7.16. The van der Waals surface area contributed by atoms with Crippen LogP contribution in [0.15, 0.2) is 18.2 Å². The molecule has 72 valence electrons. The number of hydrogen-bond acceptors (Lipinski definition) is 4. The van der Waals surface area contributed by atoms with Crippen molar-refractivity contribution >= 4 is 7.82 Å². The molecule has 7 heteroatoms. The molecule has 0 aliphatic heterocycles. The van der Waals surface area contributed by atoms with Gasteiger partial charge in [0.25, 0.3) is 0 Å². The summed E-state index contributed by atoms with van der Waals surface area (Å²) in [5.74, 6) is 0.0962. The zero-order valence-corrected chi connectivity index (χ0v) is 14.2. The number of benzene rings is 1. The SMILES string of the molecule is Cc1ccc(OP(=O)([O-])[O-])c(C)c1.[Na+].[Na+]. The van der Waals surface area contributed by atoms with E-state index in [-0.39, 0.29) is 64.9 Å². The van der Waals surface area contributed by atoms with E-state index in [1.54, 1.807) is 19.1 Å². The van der Waals surface area contributed by atoms with Gasteiger partial charge in [-0.2, -0.15) is 0 Å². The Morgan fingerprint density at radius 3 is 2.13 bits per heavy atom. The smallest absolute Gasteiger partial charge is 0.780 e. The van der Waals surface area contributed by atoms with Gasteiger partial charge in [-0.1, -0.05) is 17.7 Å². The molecule has 0 heterocycles. The fourth-order valence-electron chi connectivity index (χ4n) is 1.02. The molecular formula is C8H9Na2O4P. The van der Waals surface area contributed by atoms with Crippen LogP contribution >= 0.6 is 7.82 Å². The van der Waals surface area contributed by atoms with Gasteiger partial charge in [0.2, 0.25) is 0 Å². The molecule has 1 rings (SSSR count). The van der Waals surface area contributed by atoms with Crippen LogP contribution in [0.5, 0.6) is 5.75 Å². The second-order valence-electron chi connectivity index (χ2n) is 2.81. The molecule has 15 heavy (non-hydrogen) atoms. The maximum absolute atomic E-state index is 10.3. The zero-order valence-electron chi connectivity index (χ0n) is 9.31. The van der Waals surface area contributed by atoms with Crippen LogP contribution < -0.4 is 73.4 Å². The first kappa shape index (κ1) is 18.5. The average Bonchev–Trinajstić information content (AvgIpc) is 1.93. The molecule has 0 aromatic heterocycles. The fraction of sp³-hybridized carbons (Fsp3) is 0.250. The summed E-state index contributed by atoms with van der Waals surface area (Å²) in [6.07, 6.45) is 0. The predicted octanol–water partition coefficient (Wildman–Crippen LogP) is -5.48. The van der Waals surface area contributed by atoms with Gasteiger partial charge in [-0.3, -0.25) is 0 Å². The molecule has 4 nitrogen and oxygen atoms in total. The largest absolute Gasteiger partial charge is 1.00 e. The van der Waals surface area contributed by atoms with Crippen LogP contribution in [-0.2, 0) is 4.57 Å². The van der Waals surface area contributed by atoms with E-state index in [2.05, 4.69) is 4.52 Å². The number of rotatable bonds is 2. The summed E-state index contributed by atoms with van der Waals surface area (Å²) < 4.78 is 14.5. The van der Waals surface area contributed by atoms with Gasteiger partial charge >= 0.3 is 59.1 Å². The van der Waals surface area contributed by atoms with Gasteiger partial charge in [0.15, 0.2) is 0 Å². The number of aryl methyl sites for hydroxylation is 2. The van der Waals surface area contributed by atoms with Gasteiger partial charge in [-0.25, -0.2) is 0 Å². The van der Waals surface area contributed by atoms with Crippen LogP contribution in [-0.4, -0.2) is 0 Å². The maximum Gasteiger partial charge on any atom is 1.00 e. The van der Waals surface area contributed by atoms with Gasteiger partial charge in [0.1, 0.15) is 13.6 Å². The number of phosphoric acid groups is 1. The summed E-state index contributed by atoms with van der Waals surface area (Å²) in [6, 6.07) is 4.89. The molecule has 0 aliphatic rings. The molecule has 0 unspecified atom stereocenters. The molecule has 0 saturated heterocycles. The molecule has 0 atom stereocenters. The topological polar surface area (TPSA) is 72.4 Å². The van der Waals surface area contributed by atoms with Crippen molar-refractivity contribution < 1.29 is 78.0 Å². The van der Waals surface area contributed by atoms with Crippen LogP contribution in [0.2, 0.25) is 0 Å². The first-order chi connectivity index (χ1) is 5.88. The minimum atomic E-state index is -4.93. The average molecular weight is 246 g/mol. The summed E-state index contributed by atoms with van der Waals surface area (Å²) in [4.78, 5) is 20.6. The van der Waals surface area contributed by atoms with E-state index in [0.717, 1.165) is 5.56 Å². The summed E-state index contributed by atoms with van der Waals surface area (Å²) in [5.41, 5.74) is 1.61. The first-order valence-electron chi connectivity index (χ1n) is 3.67. The van der Waals surface area contributed by atoms with Gasteiger partial charge in [-0.05, 0) is 25.5 Å². The Bertz CT molecular complexity index is 364. The molecule has 0 bridgehead atoms. The fourth-order valence-corrected chi connectivity index (χ4v) is 1.47. The second kappa shape index (κ2) is 7.49. The molecule has 0 spiro atoms. The van der Waals surface area contributed by atoms with Gasteiger partial charge < -0.3 is 18.9 Å². The Morgan fingerprint density at radius 1 is 1.20 bits per heavy atom. The third-order valence-corrected chi connectivity index (χ3v) is 1.96. The number of phosphoric ester groups is 1. The minimum absolute atomic E-state index is 0. The quantitative estimate of drug-likeness (QED) is 0.385. The second-order valence-corrected chi connectivity index (χ2v) is 3.88. The molecule has 0 saturated carbocycles. The van der Waals surface area contributed by atoms with Gasteiger partial charge in [0, 0.05) is 0 Å². The molecule has 0 amide bonds. The van der Waals surface area contributed by atoms with E-state index in [1.807, 2.05) is 6.92 Å². The monoisotopic (exact) mass is 246 g/mol. The summed E-state index contributed by atoms with van der Waals surface area (Å²) in [7, 11) is -4.93. The van der Waals surface area contributed by atoms with E-state index in [1.165, 1.54) is 6.07 Å². The maximum atomic E-state index is 10.3. The summed E-state index contributed by atoms with van der Waals surface area (Å²) >= 11 is 0. The molecule has 0 N–H and O–H groups in total. The standard InChI is InChI=1S/C8H11O4P.2Na/c1-6-3-4-8(7(2)5-6)12-13(9,10)11;;/h3-5H,1-2H3,(H2,9,10,11);;/q;2*+1/p-2. The summed E-state index contributed by atoms with van der Waals surface area (Å²) in [5, 5.41) is 0. The Labute approximate surface area is 133 Å². The van der Waals surface area contributed by atoms with E-state index in [4.69, 9.17) is 0 Å². The third-order valence-electron chi connectivity index (χ3n) is 1.54. The Balaban J connectivity index is 0. The van der Waals surface area contributed by atoms with Gasteiger partial charge in [0.05, 0.1) is 0 Å². The minimum Gasteiger partial charge on any atom is -0.780 e. The number of hydrogen-bond donors (Lipinski definition) is 0. The molecule has 0 fully saturated rings. The van der Waals surface area contributed by atoms with E-state index < -0.39 is 7.82 Å². The van der Waals surface area contributed by atoms with Crippen LogP contribution in [0.1, 0.15) is 11.1 Å².